The molecule has 0 unspecified atom stereocenters. The summed E-state index contributed by atoms with van der Waals surface area (Å²) in [7, 11) is 0. The Bertz CT molecular complexity index is 815. The van der Waals surface area contributed by atoms with Crippen molar-refractivity contribution in [3.05, 3.63) is 53.5 Å². The van der Waals surface area contributed by atoms with Crippen LogP contribution in [0.1, 0.15) is 13.8 Å². The molecule has 0 aromatic heterocycles. The number of aliphatic hydroxyl groups is 1. The third kappa shape index (κ3) is 3.19. The van der Waals surface area contributed by atoms with Crippen LogP contribution in [0.5, 0.6) is 0 Å². The molecule has 8 heteroatoms. The lowest BCUT2D eigenvalue weighted by Crippen LogP contribution is -2.42. The predicted molar refractivity (Wildman–Crippen MR) is 82.3 cm³/mol. The van der Waals surface area contributed by atoms with Crippen LogP contribution in [-0.2, 0) is 19.1 Å². The van der Waals surface area contributed by atoms with Crippen LogP contribution in [-0.4, -0.2) is 28.7 Å². The summed E-state index contributed by atoms with van der Waals surface area (Å²) in [5.74, 6) is -6.23. The molecule has 6 nitrogen and oxygen atoms in total. The maximum Gasteiger partial charge on any atom is 0.345 e. The van der Waals surface area contributed by atoms with Gasteiger partial charge < -0.3 is 19.9 Å². The molecule has 1 heterocycles. The average Bonchev–Trinajstić information content (AvgIpc) is 2.81. The van der Waals surface area contributed by atoms with Gasteiger partial charge in [0.2, 0.25) is 0 Å². The first-order valence-electron chi connectivity index (χ1n) is 7.47. The minimum absolute atomic E-state index is 0.0544. The molecule has 0 saturated heterocycles. The van der Waals surface area contributed by atoms with Crippen LogP contribution < -0.4 is 5.32 Å². The van der Waals surface area contributed by atoms with Crippen molar-refractivity contribution in [2.45, 2.75) is 25.7 Å². The Morgan fingerprint density at radius 3 is 2.56 bits per heavy atom. The van der Waals surface area contributed by atoms with Crippen molar-refractivity contribution < 1.29 is 33.0 Å². The molecule has 1 aromatic rings. The van der Waals surface area contributed by atoms with E-state index in [0.29, 0.717) is 6.07 Å². The quantitative estimate of drug-likeness (QED) is 0.815. The first-order chi connectivity index (χ1) is 11.7. The van der Waals surface area contributed by atoms with Gasteiger partial charge in [-0.1, -0.05) is 6.08 Å². The van der Waals surface area contributed by atoms with E-state index in [-0.39, 0.29) is 11.3 Å². The lowest BCUT2D eigenvalue weighted by Gasteiger charge is -2.33. The zero-order valence-corrected chi connectivity index (χ0v) is 13.4. The van der Waals surface area contributed by atoms with E-state index in [1.807, 2.05) is 0 Å². The lowest BCUT2D eigenvalue weighted by atomic mass is 9.91. The van der Waals surface area contributed by atoms with E-state index in [1.165, 1.54) is 32.1 Å². The van der Waals surface area contributed by atoms with Gasteiger partial charge in [-0.2, -0.15) is 0 Å². The molecule has 0 amide bonds. The highest BCUT2D eigenvalue weighted by molar-refractivity contribution is 6.05. The number of nitrogens with one attached hydrogen (secondary N) is 1. The number of carbonyl (C=O) groups is 2. The number of benzene rings is 1. The number of carbonyl (C=O) groups excluding carboxylic acids is 2. The second kappa shape index (κ2) is 5.87. The molecule has 0 bridgehead atoms. The smallest absolute Gasteiger partial charge is 0.345 e. The standard InChI is InChI=1S/C17H15F2NO5/c1-17(2)24-15(22)14(16(23)25-17)13-11(5-6-12(13)21)20-10-4-3-8(18)7-9(10)19/h3-7,11,13,20,22H,1-2H3/t11-,13+/m0/s1. The summed E-state index contributed by atoms with van der Waals surface area (Å²) in [6, 6.07) is 2.07. The molecule has 2 aliphatic rings. The molecule has 3 rings (SSSR count). The van der Waals surface area contributed by atoms with Gasteiger partial charge in [0.05, 0.1) is 17.6 Å². The largest absolute Gasteiger partial charge is 0.480 e. The molecule has 0 spiro atoms. The molecule has 2 N–H and O–H groups in total. The van der Waals surface area contributed by atoms with Crippen molar-refractivity contribution in [1.82, 2.24) is 0 Å². The number of cyclic esters (lactones) is 1. The third-order valence-electron chi connectivity index (χ3n) is 3.83. The predicted octanol–water partition coefficient (Wildman–Crippen LogP) is 2.58. The number of anilines is 1. The number of hydrogen-bond donors (Lipinski definition) is 2. The van der Waals surface area contributed by atoms with Gasteiger partial charge in [-0.3, -0.25) is 4.79 Å². The molecule has 1 aliphatic heterocycles. The molecule has 0 saturated carbocycles. The number of ketones is 1. The summed E-state index contributed by atoms with van der Waals surface area (Å²) in [6.45, 7) is 2.85. The highest BCUT2D eigenvalue weighted by atomic mass is 19.1. The van der Waals surface area contributed by atoms with Crippen LogP contribution in [0.4, 0.5) is 14.5 Å². The molecular weight excluding hydrogens is 336 g/mol. The van der Waals surface area contributed by atoms with Gasteiger partial charge in [-0.25, -0.2) is 13.6 Å². The van der Waals surface area contributed by atoms with Gasteiger partial charge in [0.1, 0.15) is 17.2 Å². The molecular formula is C17H15F2NO5. The maximum atomic E-state index is 13.8. The van der Waals surface area contributed by atoms with Gasteiger partial charge in [0, 0.05) is 19.9 Å². The molecule has 132 valence electrons. The Morgan fingerprint density at radius 2 is 1.92 bits per heavy atom. The Balaban J connectivity index is 1.92. The normalized spacial score (nSPS) is 25.0. The topological polar surface area (TPSA) is 84.9 Å². The highest BCUT2D eigenvalue weighted by Crippen LogP contribution is 2.35. The SMILES string of the molecule is CC1(C)OC(=O)C([C@H]2C(=O)C=C[C@@H]2Nc2ccc(F)cc2F)=C(O)O1. The van der Waals surface area contributed by atoms with Crippen LogP contribution in [0.3, 0.4) is 0 Å². The van der Waals surface area contributed by atoms with Crippen LogP contribution in [0.2, 0.25) is 0 Å². The zero-order valence-electron chi connectivity index (χ0n) is 13.4. The molecule has 25 heavy (non-hydrogen) atoms. The monoisotopic (exact) mass is 351 g/mol. The fraction of sp³-hybridized carbons (Fsp3) is 0.294. The van der Waals surface area contributed by atoms with Gasteiger partial charge >= 0.3 is 5.97 Å². The number of aliphatic hydroxyl groups excluding tert-OH is 1. The van der Waals surface area contributed by atoms with Crippen LogP contribution in [0.15, 0.2) is 41.9 Å². The van der Waals surface area contributed by atoms with E-state index in [1.54, 1.807) is 0 Å². The fourth-order valence-electron chi connectivity index (χ4n) is 2.76. The average molecular weight is 351 g/mol. The number of hydrogen-bond acceptors (Lipinski definition) is 6. The number of rotatable bonds is 3. The minimum Gasteiger partial charge on any atom is -0.480 e. The minimum atomic E-state index is -1.37. The van der Waals surface area contributed by atoms with Gasteiger partial charge in [-0.15, -0.1) is 0 Å². The van der Waals surface area contributed by atoms with E-state index >= 15 is 0 Å². The second-order valence-electron chi connectivity index (χ2n) is 6.14. The van der Waals surface area contributed by atoms with E-state index in [2.05, 4.69) is 5.32 Å². The van der Waals surface area contributed by atoms with Gasteiger partial charge in [0.15, 0.2) is 5.78 Å². The number of esters is 1. The summed E-state index contributed by atoms with van der Waals surface area (Å²) in [5, 5.41) is 12.8. The van der Waals surface area contributed by atoms with Crippen molar-refractivity contribution in [3.63, 3.8) is 0 Å². The number of allylic oxidation sites excluding steroid dienone is 1. The summed E-state index contributed by atoms with van der Waals surface area (Å²) in [4.78, 5) is 24.4. The Hall–Kier alpha value is -2.90. The summed E-state index contributed by atoms with van der Waals surface area (Å²) in [5.41, 5.74) is -0.407. The fourth-order valence-corrected chi connectivity index (χ4v) is 2.76. The van der Waals surface area contributed by atoms with Crippen LogP contribution in [0.25, 0.3) is 0 Å². The Morgan fingerprint density at radius 1 is 1.20 bits per heavy atom. The zero-order chi connectivity index (χ0) is 18.4. The molecule has 1 aromatic carbocycles. The second-order valence-corrected chi connectivity index (χ2v) is 6.14. The van der Waals surface area contributed by atoms with Crippen LogP contribution in [0, 0.1) is 17.6 Å². The van der Waals surface area contributed by atoms with Crippen molar-refractivity contribution in [3.8, 4) is 0 Å². The highest BCUT2D eigenvalue weighted by Gasteiger charge is 2.46. The molecule has 2 atom stereocenters. The first kappa shape index (κ1) is 16.9. The Labute approximate surface area is 141 Å². The maximum absolute atomic E-state index is 13.8. The van der Waals surface area contributed by atoms with E-state index in [9.17, 15) is 23.5 Å². The summed E-state index contributed by atoms with van der Waals surface area (Å²) in [6.07, 6.45) is 2.63. The van der Waals surface area contributed by atoms with E-state index < -0.39 is 47.1 Å². The van der Waals surface area contributed by atoms with Gasteiger partial charge in [-0.05, 0) is 18.2 Å². The third-order valence-corrected chi connectivity index (χ3v) is 3.83. The number of ether oxygens (including phenoxy) is 2. The molecule has 1 aliphatic carbocycles. The van der Waals surface area contributed by atoms with Crippen molar-refractivity contribution in [2.75, 3.05) is 5.32 Å². The molecule has 0 radical (unpaired) electrons. The first-order valence-corrected chi connectivity index (χ1v) is 7.47. The lowest BCUT2D eigenvalue weighted by molar-refractivity contribution is -0.223. The summed E-state index contributed by atoms with van der Waals surface area (Å²) < 4.78 is 37.0. The van der Waals surface area contributed by atoms with Crippen molar-refractivity contribution >= 4 is 17.4 Å². The Kier molecular flexibility index (Phi) is 3.98. The van der Waals surface area contributed by atoms with Crippen molar-refractivity contribution in [1.29, 1.82) is 0 Å². The van der Waals surface area contributed by atoms with Crippen molar-refractivity contribution in [2.24, 2.45) is 5.92 Å². The summed E-state index contributed by atoms with van der Waals surface area (Å²) >= 11 is 0. The van der Waals surface area contributed by atoms with Crippen LogP contribution >= 0.6 is 0 Å². The van der Waals surface area contributed by atoms with Gasteiger partial charge in [0.25, 0.3) is 11.7 Å². The molecule has 0 fully saturated rings. The number of halogens is 2. The van der Waals surface area contributed by atoms with E-state index in [4.69, 9.17) is 9.47 Å². The van der Waals surface area contributed by atoms with E-state index in [0.717, 1.165) is 6.07 Å².